The first-order valence-electron chi connectivity index (χ1n) is 7.01. The molecule has 3 nitrogen and oxygen atoms in total. The van der Waals surface area contributed by atoms with E-state index in [1.807, 2.05) is 18.2 Å². The lowest BCUT2D eigenvalue weighted by atomic mass is 10.2. The zero-order valence-corrected chi connectivity index (χ0v) is 14.5. The molecule has 0 aliphatic rings. The molecule has 0 heterocycles. The van der Waals surface area contributed by atoms with Crippen LogP contribution in [0.25, 0.3) is 6.08 Å². The molecule has 0 aliphatic carbocycles. The van der Waals surface area contributed by atoms with Crippen LogP contribution >= 0.6 is 15.9 Å². The summed E-state index contributed by atoms with van der Waals surface area (Å²) in [5, 5.41) is 0. The SMILES string of the molecule is COc1ccc(Br)cc1CN(C)C(=O)/C=C/c1cccc(F)c1. The van der Waals surface area contributed by atoms with Crippen LogP contribution < -0.4 is 4.74 Å². The van der Waals surface area contributed by atoms with E-state index in [4.69, 9.17) is 4.74 Å². The Hall–Kier alpha value is -2.14. The van der Waals surface area contributed by atoms with Gasteiger partial charge in [-0.2, -0.15) is 0 Å². The van der Waals surface area contributed by atoms with Gasteiger partial charge in [0, 0.05) is 29.7 Å². The highest BCUT2D eigenvalue weighted by molar-refractivity contribution is 9.10. The number of halogens is 2. The molecule has 5 heteroatoms. The average molecular weight is 378 g/mol. The third kappa shape index (κ3) is 4.93. The molecule has 1 amide bonds. The lowest BCUT2D eigenvalue weighted by Crippen LogP contribution is -2.24. The summed E-state index contributed by atoms with van der Waals surface area (Å²) in [5.41, 5.74) is 1.55. The first-order chi connectivity index (χ1) is 11.0. The first kappa shape index (κ1) is 17.2. The molecule has 2 aromatic rings. The van der Waals surface area contributed by atoms with E-state index in [0.717, 1.165) is 15.8 Å². The summed E-state index contributed by atoms with van der Waals surface area (Å²) in [6, 6.07) is 11.7. The zero-order chi connectivity index (χ0) is 16.8. The molecule has 120 valence electrons. The number of likely N-dealkylation sites (N-methyl/N-ethyl adjacent to an activating group) is 1. The van der Waals surface area contributed by atoms with Crippen molar-refractivity contribution in [2.45, 2.75) is 6.54 Å². The second-order valence-electron chi connectivity index (χ2n) is 5.04. The summed E-state index contributed by atoms with van der Waals surface area (Å²) in [6.45, 7) is 0.412. The Bertz CT molecular complexity index is 731. The van der Waals surface area contributed by atoms with E-state index < -0.39 is 0 Å². The van der Waals surface area contributed by atoms with Crippen molar-refractivity contribution in [1.29, 1.82) is 0 Å². The van der Waals surface area contributed by atoms with Gasteiger partial charge in [-0.25, -0.2) is 4.39 Å². The third-order valence-corrected chi connectivity index (χ3v) is 3.79. The molecule has 2 aromatic carbocycles. The number of benzene rings is 2. The Labute approximate surface area is 143 Å². The highest BCUT2D eigenvalue weighted by atomic mass is 79.9. The van der Waals surface area contributed by atoms with Crippen molar-refractivity contribution >= 4 is 27.9 Å². The van der Waals surface area contributed by atoms with Crippen LogP contribution in [0.3, 0.4) is 0 Å². The van der Waals surface area contributed by atoms with E-state index in [1.54, 1.807) is 37.3 Å². The molecule has 0 spiro atoms. The summed E-state index contributed by atoms with van der Waals surface area (Å²) in [7, 11) is 3.30. The van der Waals surface area contributed by atoms with Crippen molar-refractivity contribution < 1.29 is 13.9 Å². The van der Waals surface area contributed by atoms with Gasteiger partial charge >= 0.3 is 0 Å². The highest BCUT2D eigenvalue weighted by Gasteiger charge is 2.10. The first-order valence-corrected chi connectivity index (χ1v) is 7.80. The molecule has 0 N–H and O–H groups in total. The molecular weight excluding hydrogens is 361 g/mol. The van der Waals surface area contributed by atoms with Gasteiger partial charge in [-0.1, -0.05) is 28.1 Å². The van der Waals surface area contributed by atoms with Crippen molar-refractivity contribution in [3.05, 3.63) is 70.0 Å². The van der Waals surface area contributed by atoms with Crippen LogP contribution in [0.2, 0.25) is 0 Å². The number of carbonyl (C=O) groups excluding carboxylic acids is 1. The van der Waals surface area contributed by atoms with Gasteiger partial charge in [0.2, 0.25) is 5.91 Å². The standard InChI is InChI=1S/C18H17BrFNO2/c1-21(12-14-11-15(19)7-8-17(14)23-2)18(22)9-6-13-4-3-5-16(20)10-13/h3-11H,12H2,1-2H3/b9-6+. The molecule has 23 heavy (non-hydrogen) atoms. The number of nitrogens with zero attached hydrogens (tertiary/aromatic N) is 1. The summed E-state index contributed by atoms with van der Waals surface area (Å²) >= 11 is 3.41. The Kier molecular flexibility index (Phi) is 5.93. The summed E-state index contributed by atoms with van der Waals surface area (Å²) in [5.74, 6) is 0.227. The molecule has 2 rings (SSSR count). The Morgan fingerprint density at radius 3 is 2.78 bits per heavy atom. The van der Waals surface area contributed by atoms with Crippen molar-refractivity contribution in [2.75, 3.05) is 14.2 Å². The summed E-state index contributed by atoms with van der Waals surface area (Å²) in [6.07, 6.45) is 3.03. The third-order valence-electron chi connectivity index (χ3n) is 3.29. The van der Waals surface area contributed by atoms with E-state index >= 15 is 0 Å². The molecule has 0 fully saturated rings. The van der Waals surface area contributed by atoms with Crippen LogP contribution in [0, 0.1) is 5.82 Å². The fourth-order valence-corrected chi connectivity index (χ4v) is 2.52. The molecule has 0 atom stereocenters. The van der Waals surface area contributed by atoms with E-state index in [1.165, 1.54) is 18.2 Å². The predicted octanol–water partition coefficient (Wildman–Crippen LogP) is 4.27. The number of rotatable bonds is 5. The van der Waals surface area contributed by atoms with Crippen LogP contribution in [0.1, 0.15) is 11.1 Å². The quantitative estimate of drug-likeness (QED) is 0.728. The summed E-state index contributed by atoms with van der Waals surface area (Å²) in [4.78, 5) is 13.8. The van der Waals surface area contributed by atoms with E-state index in [9.17, 15) is 9.18 Å². The van der Waals surface area contributed by atoms with E-state index in [-0.39, 0.29) is 11.7 Å². The number of ether oxygens (including phenoxy) is 1. The van der Waals surface area contributed by atoms with Crippen LogP contribution in [0.4, 0.5) is 4.39 Å². The number of amides is 1. The van der Waals surface area contributed by atoms with Gasteiger partial charge in [0.05, 0.1) is 7.11 Å². The number of hydrogen-bond acceptors (Lipinski definition) is 2. The smallest absolute Gasteiger partial charge is 0.246 e. The van der Waals surface area contributed by atoms with Gasteiger partial charge in [-0.3, -0.25) is 4.79 Å². The van der Waals surface area contributed by atoms with Crippen LogP contribution in [-0.2, 0) is 11.3 Å². The average Bonchev–Trinajstić information content (AvgIpc) is 2.53. The van der Waals surface area contributed by atoms with Gasteiger partial charge in [0.15, 0.2) is 0 Å². The van der Waals surface area contributed by atoms with Crippen molar-refractivity contribution in [3.8, 4) is 5.75 Å². The molecule has 0 aliphatic heterocycles. The Morgan fingerprint density at radius 1 is 1.30 bits per heavy atom. The maximum absolute atomic E-state index is 13.1. The fraction of sp³-hybridized carbons (Fsp3) is 0.167. The second-order valence-corrected chi connectivity index (χ2v) is 5.95. The Morgan fingerprint density at radius 2 is 2.09 bits per heavy atom. The predicted molar refractivity (Wildman–Crippen MR) is 92.6 cm³/mol. The number of hydrogen-bond donors (Lipinski definition) is 0. The zero-order valence-electron chi connectivity index (χ0n) is 12.9. The molecule has 0 aromatic heterocycles. The van der Waals surface area contributed by atoms with Crippen molar-refractivity contribution in [2.24, 2.45) is 0 Å². The highest BCUT2D eigenvalue weighted by Crippen LogP contribution is 2.24. The minimum Gasteiger partial charge on any atom is -0.496 e. The summed E-state index contributed by atoms with van der Waals surface area (Å²) < 4.78 is 19.3. The molecule has 0 unspecified atom stereocenters. The van der Waals surface area contributed by atoms with Gasteiger partial charge < -0.3 is 9.64 Å². The minimum absolute atomic E-state index is 0.170. The molecule has 0 bridgehead atoms. The molecule has 0 radical (unpaired) electrons. The minimum atomic E-state index is -0.327. The topological polar surface area (TPSA) is 29.5 Å². The Balaban J connectivity index is 2.07. The van der Waals surface area contributed by atoms with Crippen LogP contribution in [-0.4, -0.2) is 25.0 Å². The van der Waals surface area contributed by atoms with E-state index in [0.29, 0.717) is 12.1 Å². The maximum Gasteiger partial charge on any atom is 0.246 e. The lowest BCUT2D eigenvalue weighted by Gasteiger charge is -2.17. The monoisotopic (exact) mass is 377 g/mol. The van der Waals surface area contributed by atoms with Crippen molar-refractivity contribution in [3.63, 3.8) is 0 Å². The van der Waals surface area contributed by atoms with Gasteiger partial charge in [-0.15, -0.1) is 0 Å². The van der Waals surface area contributed by atoms with Gasteiger partial charge in [-0.05, 0) is 42.0 Å². The van der Waals surface area contributed by atoms with Crippen molar-refractivity contribution in [1.82, 2.24) is 4.90 Å². The number of methoxy groups -OCH3 is 1. The lowest BCUT2D eigenvalue weighted by molar-refractivity contribution is -0.125. The van der Waals surface area contributed by atoms with Crippen LogP contribution in [0.15, 0.2) is 53.0 Å². The number of carbonyl (C=O) groups is 1. The van der Waals surface area contributed by atoms with E-state index in [2.05, 4.69) is 15.9 Å². The molecule has 0 saturated carbocycles. The second kappa shape index (κ2) is 7.92. The maximum atomic E-state index is 13.1. The normalized spacial score (nSPS) is 10.8. The largest absolute Gasteiger partial charge is 0.496 e. The van der Waals surface area contributed by atoms with Crippen LogP contribution in [0.5, 0.6) is 5.75 Å². The molecular formula is C18H17BrFNO2. The van der Waals surface area contributed by atoms with Gasteiger partial charge in [0.1, 0.15) is 11.6 Å². The molecule has 0 saturated heterocycles. The van der Waals surface area contributed by atoms with Gasteiger partial charge in [0.25, 0.3) is 0 Å². The fourth-order valence-electron chi connectivity index (χ4n) is 2.11.